The molecular weight excluding hydrogens is 618 g/mol. The number of nitrogens with one attached hydrogen (secondary N) is 1. The summed E-state index contributed by atoms with van der Waals surface area (Å²) < 4.78 is 13.9. The summed E-state index contributed by atoms with van der Waals surface area (Å²) in [4.78, 5) is 9.05. The number of aromatic nitrogens is 1. The number of fused-ring (bicyclic) bond motifs is 5. The number of aromatic hydroxyl groups is 2. The van der Waals surface area contributed by atoms with Crippen LogP contribution in [0.2, 0.25) is 0 Å². The number of aliphatic hydroxyl groups is 2. The van der Waals surface area contributed by atoms with Crippen molar-refractivity contribution >= 4 is 0 Å². The van der Waals surface area contributed by atoms with Crippen molar-refractivity contribution in [2.75, 3.05) is 26.2 Å². The molecule has 2 saturated carbocycles. The summed E-state index contributed by atoms with van der Waals surface area (Å²) in [6, 6.07) is 7.56. The van der Waals surface area contributed by atoms with E-state index in [0.717, 1.165) is 85.5 Å². The molecule has 4 aliphatic heterocycles. The lowest BCUT2D eigenvalue weighted by Gasteiger charge is -2.63. The second-order valence-corrected chi connectivity index (χ2v) is 17.8. The molecule has 5 N–H and O–H groups in total. The lowest BCUT2D eigenvalue weighted by molar-refractivity contribution is -0.176. The van der Waals surface area contributed by atoms with Crippen molar-refractivity contribution in [1.82, 2.24) is 14.8 Å². The first-order chi connectivity index (χ1) is 23.7. The van der Waals surface area contributed by atoms with Gasteiger partial charge in [-0.3, -0.25) is 9.80 Å². The van der Waals surface area contributed by atoms with Crippen LogP contribution in [0.15, 0.2) is 24.3 Å². The number of nitrogens with zero attached hydrogens (tertiary/aromatic N) is 2. The Morgan fingerprint density at radius 1 is 0.673 bits per heavy atom. The smallest absolute Gasteiger partial charge is 0.166 e. The molecule has 1 aromatic heterocycles. The van der Waals surface area contributed by atoms with E-state index in [2.05, 4.69) is 26.9 Å². The highest BCUT2D eigenvalue weighted by molar-refractivity contribution is 5.68. The molecule has 0 radical (unpaired) electrons. The number of hydrogen-bond donors (Lipinski definition) is 5. The van der Waals surface area contributed by atoms with Gasteiger partial charge in [0.25, 0.3) is 0 Å². The van der Waals surface area contributed by atoms with Gasteiger partial charge in [0.2, 0.25) is 0 Å². The Balaban J connectivity index is 1.03. The van der Waals surface area contributed by atoms with E-state index >= 15 is 0 Å². The van der Waals surface area contributed by atoms with Crippen LogP contribution in [0.3, 0.4) is 0 Å². The number of hydrogen-bond acceptors (Lipinski definition) is 8. The quantitative estimate of drug-likeness (QED) is 0.286. The van der Waals surface area contributed by atoms with Crippen molar-refractivity contribution in [3.05, 3.63) is 69.0 Å². The highest BCUT2D eigenvalue weighted by atomic mass is 16.5. The molecule has 13 rings (SSSR count). The number of phenols is 2. The molecule has 4 fully saturated rings. The van der Waals surface area contributed by atoms with E-state index < -0.39 is 34.2 Å². The molecule has 3 aromatic rings. The van der Waals surface area contributed by atoms with Crippen LogP contribution in [0.4, 0.5) is 0 Å². The fourth-order valence-corrected chi connectivity index (χ4v) is 13.4. The van der Waals surface area contributed by atoms with Gasteiger partial charge >= 0.3 is 0 Å². The summed E-state index contributed by atoms with van der Waals surface area (Å²) in [5.41, 5.74) is 4.93. The molecule has 8 atom stereocenters. The van der Waals surface area contributed by atoms with Crippen LogP contribution in [0.1, 0.15) is 95.5 Å². The van der Waals surface area contributed by atoms with Crippen molar-refractivity contribution in [3.63, 3.8) is 0 Å². The van der Waals surface area contributed by atoms with Crippen molar-refractivity contribution in [3.8, 4) is 23.0 Å². The molecular formula is C40H43N3O6. The van der Waals surface area contributed by atoms with E-state index in [0.29, 0.717) is 36.2 Å². The van der Waals surface area contributed by atoms with Crippen LogP contribution < -0.4 is 9.47 Å². The van der Waals surface area contributed by atoms with Gasteiger partial charge in [-0.1, -0.05) is 12.1 Å². The van der Waals surface area contributed by atoms with Gasteiger partial charge in [-0.2, -0.15) is 0 Å². The molecule has 9 nitrogen and oxygen atoms in total. The lowest BCUT2D eigenvalue weighted by atomic mass is 9.47. The van der Waals surface area contributed by atoms with Crippen LogP contribution in [0.25, 0.3) is 0 Å². The summed E-state index contributed by atoms with van der Waals surface area (Å²) in [5.74, 6) is 2.77. The molecule has 6 aliphatic carbocycles. The van der Waals surface area contributed by atoms with Gasteiger partial charge < -0.3 is 34.9 Å². The van der Waals surface area contributed by atoms with Crippen LogP contribution in [0, 0.1) is 11.8 Å². The average molecular weight is 662 g/mol. The van der Waals surface area contributed by atoms with Crippen molar-refractivity contribution < 1.29 is 29.9 Å². The summed E-state index contributed by atoms with van der Waals surface area (Å²) >= 11 is 0. The molecule has 10 aliphatic rings. The molecule has 0 amide bonds. The number of ether oxygens (including phenoxy) is 2. The van der Waals surface area contributed by atoms with Gasteiger partial charge in [0.05, 0.1) is 33.4 Å². The van der Waals surface area contributed by atoms with E-state index in [1.807, 2.05) is 0 Å². The first kappa shape index (κ1) is 27.5. The maximum atomic E-state index is 13.5. The SMILES string of the molecule is Oc1ccc2c3c1O[C@@H]1c4[nH]c5c(c4CC4(O)[C@@H](C2)N(CC2CC2)CC[C@]314)CC1(O)[C@H]2Cc3ccc(O)c4c3[C@]1(CCN2CC1CC1)[C@H]5O4. The second-order valence-electron chi connectivity index (χ2n) is 17.8. The zero-order valence-electron chi connectivity index (χ0n) is 27.7. The maximum Gasteiger partial charge on any atom is 0.166 e. The fraction of sp³-hybridized carbons (Fsp3) is 0.600. The van der Waals surface area contributed by atoms with Crippen LogP contribution in [-0.2, 0) is 36.5 Å². The van der Waals surface area contributed by atoms with Gasteiger partial charge in [0.1, 0.15) is 0 Å². The first-order valence-corrected chi connectivity index (χ1v) is 19.0. The second kappa shape index (κ2) is 8.28. The van der Waals surface area contributed by atoms with Gasteiger partial charge in [-0.15, -0.1) is 0 Å². The predicted molar refractivity (Wildman–Crippen MR) is 177 cm³/mol. The molecule has 2 spiro atoms. The zero-order valence-corrected chi connectivity index (χ0v) is 27.7. The largest absolute Gasteiger partial charge is 0.504 e. The van der Waals surface area contributed by atoms with Gasteiger partial charge in [0.15, 0.2) is 35.2 Å². The first-order valence-electron chi connectivity index (χ1n) is 19.0. The van der Waals surface area contributed by atoms with E-state index in [9.17, 15) is 20.4 Å². The van der Waals surface area contributed by atoms with E-state index in [1.54, 1.807) is 12.1 Å². The average Bonchev–Trinajstić information content (AvgIpc) is 3.98. The van der Waals surface area contributed by atoms with Crippen molar-refractivity contribution in [2.45, 2.75) is 111 Å². The number of piperidine rings is 2. The molecule has 4 bridgehead atoms. The Bertz CT molecular complexity index is 1910. The standard InChI is InChI=1S/C40H43N3O6/c44-25-7-5-21-13-27-39(46)15-23-24-16-40(47)28-14-22-6-8-26(45)34-30(22)38(40,10-12-43(28)18-20-3-4-20)36(49-34)32(24)41-31(23)35-37(39,29(21)33(25)48-35)9-11-42(27)17-19-1-2-19/h5-8,19-20,27-28,35-36,41,44-47H,1-4,9-18H2/t27-,28-,35-,36+,37+,38-,39?,40?/m1/s1. The van der Waals surface area contributed by atoms with E-state index in [4.69, 9.17) is 9.47 Å². The summed E-state index contributed by atoms with van der Waals surface area (Å²) in [7, 11) is 0. The highest BCUT2D eigenvalue weighted by Gasteiger charge is 2.76. The van der Waals surface area contributed by atoms with E-state index in [-0.39, 0.29) is 23.6 Å². The molecule has 5 heterocycles. The number of phenolic OH excluding ortho intramolecular Hbond substituents is 2. The molecule has 254 valence electrons. The van der Waals surface area contributed by atoms with Crippen LogP contribution in [-0.4, -0.2) is 84.7 Å². The molecule has 2 unspecified atom stereocenters. The van der Waals surface area contributed by atoms with Gasteiger partial charge in [-0.25, -0.2) is 0 Å². The third kappa shape index (κ3) is 2.87. The van der Waals surface area contributed by atoms with Gasteiger partial charge in [-0.05, 0) is 111 Å². The Morgan fingerprint density at radius 3 is 1.55 bits per heavy atom. The van der Waals surface area contributed by atoms with Crippen molar-refractivity contribution in [1.29, 1.82) is 0 Å². The normalized spacial score (nSPS) is 41.3. The monoisotopic (exact) mass is 661 g/mol. The minimum absolute atomic E-state index is 0.0535. The maximum absolute atomic E-state index is 13.5. The molecule has 2 saturated heterocycles. The highest BCUT2D eigenvalue weighted by Crippen LogP contribution is 2.72. The predicted octanol–water partition coefficient (Wildman–Crippen LogP) is 3.82. The minimum Gasteiger partial charge on any atom is -0.504 e. The number of benzene rings is 2. The number of H-pyrrole nitrogens is 1. The Morgan fingerprint density at radius 2 is 1.12 bits per heavy atom. The Kier molecular flexibility index (Phi) is 4.64. The van der Waals surface area contributed by atoms with Crippen molar-refractivity contribution in [2.24, 2.45) is 11.8 Å². The molecule has 9 heteroatoms. The molecule has 49 heavy (non-hydrogen) atoms. The van der Waals surface area contributed by atoms with Gasteiger partial charge in [0, 0.05) is 49.1 Å². The lowest BCUT2D eigenvalue weighted by Crippen LogP contribution is -2.75. The minimum atomic E-state index is -1.09. The number of aromatic amines is 1. The Hall–Kier alpha value is -3.24. The summed E-state index contributed by atoms with van der Waals surface area (Å²) in [5, 5.41) is 49.4. The Labute approximate surface area is 284 Å². The van der Waals surface area contributed by atoms with Crippen LogP contribution in [0.5, 0.6) is 23.0 Å². The fourth-order valence-electron chi connectivity index (χ4n) is 13.4. The van der Waals surface area contributed by atoms with E-state index in [1.165, 1.54) is 36.8 Å². The third-order valence-corrected chi connectivity index (χ3v) is 15.7. The number of rotatable bonds is 4. The zero-order chi connectivity index (χ0) is 32.4. The topological polar surface area (TPSA) is 122 Å². The summed E-state index contributed by atoms with van der Waals surface area (Å²) in [6.07, 6.45) is 8.06. The number of likely N-dealkylation sites (tertiary alicyclic amines) is 2. The molecule has 2 aromatic carbocycles. The van der Waals surface area contributed by atoms with Crippen LogP contribution >= 0.6 is 0 Å². The third-order valence-electron chi connectivity index (χ3n) is 15.7. The summed E-state index contributed by atoms with van der Waals surface area (Å²) in [6.45, 7) is 3.84.